The Morgan fingerprint density at radius 3 is 3.00 bits per heavy atom. The Balaban J connectivity index is 1.76. The van der Waals surface area contributed by atoms with Crippen LogP contribution in [0.25, 0.3) is 0 Å². The van der Waals surface area contributed by atoms with Crippen molar-refractivity contribution in [1.82, 2.24) is 15.6 Å². The van der Waals surface area contributed by atoms with Gasteiger partial charge in [-0.1, -0.05) is 11.6 Å². The molecule has 0 bridgehead atoms. The maximum Gasteiger partial charge on any atom is 0.277 e. The number of quaternary nitrogens is 1. The lowest BCUT2D eigenvalue weighted by Crippen LogP contribution is -2.84. The van der Waals surface area contributed by atoms with Crippen LogP contribution in [0.1, 0.15) is 23.0 Å². The predicted octanol–water partition coefficient (Wildman–Crippen LogP) is 0.197. The van der Waals surface area contributed by atoms with Gasteiger partial charge in [0.05, 0.1) is 19.7 Å². The number of aromatic nitrogens is 2. The Hall–Kier alpha value is -2.32. The summed E-state index contributed by atoms with van der Waals surface area (Å²) in [4.78, 5) is 11.7. The number of anilines is 1. The molecule has 23 heavy (non-hydrogen) atoms. The van der Waals surface area contributed by atoms with Crippen LogP contribution in [-0.4, -0.2) is 35.9 Å². The number of rotatable bonds is 8. The molecule has 2 rings (SSSR count). The zero-order valence-corrected chi connectivity index (χ0v) is 13.5. The summed E-state index contributed by atoms with van der Waals surface area (Å²) in [5.74, 6) is 0.389. The minimum absolute atomic E-state index is 0.00141. The molecule has 0 aliphatic carbocycles. The fraction of sp³-hybridized carbons (Fsp3) is 0.357. The molecule has 1 heterocycles. The van der Waals surface area contributed by atoms with E-state index >= 15 is 0 Å². The van der Waals surface area contributed by atoms with E-state index in [1.54, 1.807) is 6.07 Å². The van der Waals surface area contributed by atoms with Crippen LogP contribution in [-0.2, 0) is 6.54 Å². The lowest BCUT2D eigenvalue weighted by atomic mass is 10.2. The van der Waals surface area contributed by atoms with E-state index in [1.165, 1.54) is 0 Å². The normalized spacial score (nSPS) is 10.5. The summed E-state index contributed by atoms with van der Waals surface area (Å²) in [7, 11) is 0. The van der Waals surface area contributed by atoms with Crippen molar-refractivity contribution >= 4 is 23.3 Å². The van der Waals surface area contributed by atoms with Crippen LogP contribution >= 0.6 is 11.6 Å². The van der Waals surface area contributed by atoms with Gasteiger partial charge in [-0.05, 0) is 35.4 Å². The molecular formula is C14H19ClN5O3+. The number of nitrogens with two attached hydrogens (primary N) is 2. The molecule has 1 aromatic heterocycles. The predicted molar refractivity (Wildman–Crippen MR) is 84.2 cm³/mol. The average Bonchev–Trinajstić information content (AvgIpc) is 2.95. The van der Waals surface area contributed by atoms with E-state index in [-0.39, 0.29) is 11.5 Å². The highest BCUT2D eigenvalue weighted by atomic mass is 35.5. The van der Waals surface area contributed by atoms with Crippen LogP contribution in [0.2, 0.25) is 5.02 Å². The van der Waals surface area contributed by atoms with E-state index in [1.807, 2.05) is 24.4 Å². The maximum absolute atomic E-state index is 11.7. The van der Waals surface area contributed by atoms with Gasteiger partial charge >= 0.3 is 0 Å². The number of benzene rings is 1. The van der Waals surface area contributed by atoms with Crippen LogP contribution in [0, 0.1) is 0 Å². The first-order chi connectivity index (χ1) is 11.1. The van der Waals surface area contributed by atoms with Gasteiger partial charge < -0.3 is 21.1 Å². The molecule has 5 N–H and O–H groups in total. The monoisotopic (exact) mass is 340 g/mol. The number of nitrogen functional groups attached to an aromatic ring is 1. The van der Waals surface area contributed by atoms with E-state index in [4.69, 9.17) is 22.1 Å². The molecule has 0 fully saturated rings. The second kappa shape index (κ2) is 8.35. The van der Waals surface area contributed by atoms with E-state index in [2.05, 4.69) is 20.3 Å². The van der Waals surface area contributed by atoms with Crippen molar-refractivity contribution in [2.45, 2.75) is 13.5 Å². The molecule has 0 unspecified atom stereocenters. The van der Waals surface area contributed by atoms with Gasteiger partial charge in [-0.25, -0.2) is 4.63 Å². The fourth-order valence-electron chi connectivity index (χ4n) is 1.99. The molecule has 0 spiro atoms. The Morgan fingerprint density at radius 2 is 2.30 bits per heavy atom. The molecule has 2 aromatic rings. The van der Waals surface area contributed by atoms with Gasteiger partial charge in [0.1, 0.15) is 12.3 Å². The Bertz CT molecular complexity index is 662. The highest BCUT2D eigenvalue weighted by Crippen LogP contribution is 2.22. The van der Waals surface area contributed by atoms with Crippen molar-refractivity contribution in [3.8, 4) is 5.75 Å². The van der Waals surface area contributed by atoms with Crippen molar-refractivity contribution in [3.63, 3.8) is 0 Å². The Morgan fingerprint density at radius 1 is 1.48 bits per heavy atom. The van der Waals surface area contributed by atoms with Gasteiger partial charge in [0.2, 0.25) is 11.5 Å². The molecule has 8 nitrogen and oxygen atoms in total. The third kappa shape index (κ3) is 4.83. The standard InChI is InChI=1S/C14H18ClN5O3/c1-2-22-11-4-3-10(15)7-9(11)8-17-5-6-18-14(21)12-13(16)20-23-19-12/h3-4,7,17H,2,5-6,8H2,1H3,(H2,16,20)(H,18,21)/p+1. The fourth-order valence-corrected chi connectivity index (χ4v) is 2.18. The van der Waals surface area contributed by atoms with Crippen LogP contribution < -0.4 is 21.1 Å². The lowest BCUT2D eigenvalue weighted by molar-refractivity contribution is -0.668. The first-order valence-electron chi connectivity index (χ1n) is 7.21. The highest BCUT2D eigenvalue weighted by Gasteiger charge is 2.15. The van der Waals surface area contributed by atoms with Crippen molar-refractivity contribution in [1.29, 1.82) is 0 Å². The van der Waals surface area contributed by atoms with Gasteiger partial charge in [-0.3, -0.25) is 4.79 Å². The number of amides is 1. The third-order valence-corrected chi connectivity index (χ3v) is 3.28. The van der Waals surface area contributed by atoms with E-state index in [0.29, 0.717) is 31.3 Å². The minimum Gasteiger partial charge on any atom is -0.493 e. The zero-order chi connectivity index (χ0) is 16.7. The van der Waals surface area contributed by atoms with Gasteiger partial charge in [0.25, 0.3) is 5.91 Å². The number of carbonyl (C=O) groups excluding carboxylic acids is 1. The molecule has 0 atom stereocenters. The molecule has 0 aliphatic rings. The van der Waals surface area contributed by atoms with Crippen molar-refractivity contribution < 1.29 is 19.5 Å². The molecule has 9 heteroatoms. The number of hydrogen-bond acceptors (Lipinski definition) is 6. The first kappa shape index (κ1) is 17.0. The lowest BCUT2D eigenvalue weighted by Gasteiger charge is -2.10. The van der Waals surface area contributed by atoms with Crippen molar-refractivity contribution in [3.05, 3.63) is 34.5 Å². The molecule has 1 aromatic carbocycles. The van der Waals surface area contributed by atoms with E-state index in [0.717, 1.165) is 11.3 Å². The Kier molecular flexibility index (Phi) is 6.19. The third-order valence-electron chi connectivity index (χ3n) is 3.05. The minimum atomic E-state index is -0.407. The quantitative estimate of drug-likeness (QED) is 0.590. The average molecular weight is 341 g/mol. The molecular weight excluding hydrogens is 322 g/mol. The summed E-state index contributed by atoms with van der Waals surface area (Å²) < 4.78 is 9.94. The topological polar surface area (TPSA) is 120 Å². The molecule has 1 amide bonds. The van der Waals surface area contributed by atoms with Crippen molar-refractivity contribution in [2.24, 2.45) is 0 Å². The number of nitrogens with one attached hydrogen (secondary N) is 1. The van der Waals surface area contributed by atoms with E-state index in [9.17, 15) is 4.79 Å². The molecule has 0 aliphatic heterocycles. The summed E-state index contributed by atoms with van der Waals surface area (Å²) >= 11 is 6.01. The maximum atomic E-state index is 11.7. The number of carbonyl (C=O) groups is 1. The second-order valence-electron chi connectivity index (χ2n) is 4.72. The van der Waals surface area contributed by atoms with E-state index < -0.39 is 5.91 Å². The SMILES string of the molecule is CCOc1ccc(Cl)cc1C[NH2+]CCNC(=O)c1nonc1N. The summed E-state index contributed by atoms with van der Waals surface area (Å²) in [5, 5.41) is 12.2. The number of ether oxygens (including phenoxy) is 1. The molecule has 124 valence electrons. The summed E-state index contributed by atoms with van der Waals surface area (Å²) in [5.41, 5.74) is 6.45. The molecule has 0 radical (unpaired) electrons. The number of hydrogen-bond donors (Lipinski definition) is 3. The van der Waals surface area contributed by atoms with Gasteiger partial charge in [-0.15, -0.1) is 0 Å². The van der Waals surface area contributed by atoms with Crippen LogP contribution in [0.3, 0.4) is 0 Å². The van der Waals surface area contributed by atoms with Crippen LogP contribution in [0.5, 0.6) is 5.75 Å². The molecule has 0 saturated heterocycles. The van der Waals surface area contributed by atoms with Crippen LogP contribution in [0.4, 0.5) is 5.82 Å². The van der Waals surface area contributed by atoms with Gasteiger partial charge in [0, 0.05) is 10.6 Å². The van der Waals surface area contributed by atoms with Crippen LogP contribution in [0.15, 0.2) is 22.8 Å². The zero-order valence-electron chi connectivity index (χ0n) is 12.7. The van der Waals surface area contributed by atoms with Gasteiger partial charge in [0.15, 0.2) is 0 Å². The van der Waals surface area contributed by atoms with Crippen molar-refractivity contribution in [2.75, 3.05) is 25.4 Å². The molecule has 0 saturated carbocycles. The number of halogens is 1. The Labute approximate surface area is 138 Å². The highest BCUT2D eigenvalue weighted by molar-refractivity contribution is 6.30. The largest absolute Gasteiger partial charge is 0.493 e. The van der Waals surface area contributed by atoms with Gasteiger partial charge in [-0.2, -0.15) is 0 Å². The summed E-state index contributed by atoms with van der Waals surface area (Å²) in [6.07, 6.45) is 0. The smallest absolute Gasteiger partial charge is 0.277 e. The number of nitrogens with zero attached hydrogens (tertiary/aromatic N) is 2. The summed E-state index contributed by atoms with van der Waals surface area (Å²) in [6.45, 7) is 4.35. The second-order valence-corrected chi connectivity index (χ2v) is 5.16. The first-order valence-corrected chi connectivity index (χ1v) is 7.58. The summed E-state index contributed by atoms with van der Waals surface area (Å²) in [6, 6.07) is 5.53.